The summed E-state index contributed by atoms with van der Waals surface area (Å²) in [4.78, 5) is 17.1. The van der Waals surface area contributed by atoms with Crippen molar-refractivity contribution in [3.63, 3.8) is 0 Å². The van der Waals surface area contributed by atoms with Crippen molar-refractivity contribution in [1.29, 1.82) is 0 Å². The zero-order valence-electron chi connectivity index (χ0n) is 15.5. The Morgan fingerprint density at radius 3 is 2.26 bits per heavy atom. The molecule has 0 radical (unpaired) electrons. The van der Waals surface area contributed by atoms with Gasteiger partial charge in [0, 0.05) is 29.6 Å². The maximum Gasteiger partial charge on any atom is 0.416 e. The van der Waals surface area contributed by atoms with Crippen molar-refractivity contribution in [2.75, 3.05) is 11.1 Å². The maximum atomic E-state index is 13.1. The van der Waals surface area contributed by atoms with Gasteiger partial charge >= 0.3 is 12.4 Å². The van der Waals surface area contributed by atoms with Gasteiger partial charge in [0.1, 0.15) is 0 Å². The van der Waals surface area contributed by atoms with Gasteiger partial charge in [0.15, 0.2) is 5.16 Å². The van der Waals surface area contributed by atoms with Crippen LogP contribution < -0.4 is 5.32 Å². The number of aryl methyl sites for hydroxylation is 1. The van der Waals surface area contributed by atoms with Crippen molar-refractivity contribution in [3.8, 4) is 11.3 Å². The molecular formula is C20H13F6N3OS. The van der Waals surface area contributed by atoms with E-state index in [2.05, 4.69) is 10.3 Å². The van der Waals surface area contributed by atoms with Crippen LogP contribution in [0.15, 0.2) is 53.8 Å². The highest BCUT2D eigenvalue weighted by atomic mass is 32.2. The topological polar surface area (TPSA) is 46.9 Å². The number of aromatic nitrogens is 2. The lowest BCUT2D eigenvalue weighted by atomic mass is 10.0. The Labute approximate surface area is 176 Å². The number of carbonyl (C=O) groups excluding carboxylic acids is 1. The van der Waals surface area contributed by atoms with Gasteiger partial charge in [-0.1, -0.05) is 30.0 Å². The zero-order chi connectivity index (χ0) is 22.4. The lowest BCUT2D eigenvalue weighted by Gasteiger charge is -2.15. The molecule has 1 aliphatic heterocycles. The fourth-order valence-corrected chi connectivity index (χ4v) is 4.08. The Morgan fingerprint density at radius 1 is 1.00 bits per heavy atom. The fourth-order valence-electron chi connectivity index (χ4n) is 3.14. The van der Waals surface area contributed by atoms with E-state index in [0.29, 0.717) is 23.4 Å². The van der Waals surface area contributed by atoms with Gasteiger partial charge in [-0.2, -0.15) is 26.3 Å². The Kier molecular flexibility index (Phi) is 5.24. The Balaban J connectivity index is 1.69. The number of alkyl halides is 6. The first-order valence-electron chi connectivity index (χ1n) is 8.92. The van der Waals surface area contributed by atoms with Crippen molar-refractivity contribution < 1.29 is 31.1 Å². The summed E-state index contributed by atoms with van der Waals surface area (Å²) in [6.45, 7) is 0.770. The van der Waals surface area contributed by atoms with Gasteiger partial charge < -0.3 is 9.88 Å². The van der Waals surface area contributed by atoms with E-state index in [4.69, 9.17) is 0 Å². The lowest BCUT2D eigenvalue weighted by molar-refractivity contribution is -0.143. The minimum Gasteiger partial charge on any atom is -0.325 e. The number of rotatable bonds is 3. The predicted octanol–water partition coefficient (Wildman–Crippen LogP) is 5.95. The van der Waals surface area contributed by atoms with Gasteiger partial charge in [0.05, 0.1) is 22.5 Å². The van der Waals surface area contributed by atoms with Crippen LogP contribution in [0.1, 0.15) is 21.5 Å². The number of nitrogens with zero attached hydrogens (tertiary/aromatic N) is 2. The highest BCUT2D eigenvalue weighted by Gasteiger charge is 2.37. The van der Waals surface area contributed by atoms with Gasteiger partial charge in [0.2, 0.25) is 0 Å². The van der Waals surface area contributed by atoms with E-state index < -0.39 is 35.0 Å². The number of benzene rings is 2. The quantitative estimate of drug-likeness (QED) is 0.495. The third-order valence-electron chi connectivity index (χ3n) is 4.60. The van der Waals surface area contributed by atoms with Gasteiger partial charge in [-0.15, -0.1) is 0 Å². The average Bonchev–Trinajstić information content (AvgIpc) is 3.29. The van der Waals surface area contributed by atoms with Gasteiger partial charge in [-0.25, -0.2) is 4.98 Å². The monoisotopic (exact) mass is 457 g/mol. The molecule has 0 aliphatic carbocycles. The highest BCUT2D eigenvalue weighted by Crippen LogP contribution is 2.37. The highest BCUT2D eigenvalue weighted by molar-refractivity contribution is 7.99. The minimum absolute atomic E-state index is 0.0188. The Hall–Kier alpha value is -2.95. The Morgan fingerprint density at radius 2 is 1.65 bits per heavy atom. The van der Waals surface area contributed by atoms with Gasteiger partial charge in [-0.3, -0.25) is 4.79 Å². The number of amides is 1. The molecule has 0 atom stereocenters. The number of hydrogen-bond acceptors (Lipinski definition) is 3. The van der Waals surface area contributed by atoms with E-state index in [1.54, 1.807) is 36.2 Å². The minimum atomic E-state index is -5.04. The van der Waals surface area contributed by atoms with E-state index in [1.807, 2.05) is 4.57 Å². The predicted molar refractivity (Wildman–Crippen MR) is 103 cm³/mol. The van der Waals surface area contributed by atoms with Crippen LogP contribution in [-0.4, -0.2) is 21.2 Å². The second kappa shape index (κ2) is 7.63. The molecule has 31 heavy (non-hydrogen) atoms. The molecular weight excluding hydrogens is 444 g/mol. The molecule has 0 saturated heterocycles. The number of nitrogens with one attached hydrogen (secondary N) is 1. The summed E-state index contributed by atoms with van der Waals surface area (Å²) in [6, 6.07) is 7.22. The number of thioether (sulfide) groups is 1. The van der Waals surface area contributed by atoms with Crippen molar-refractivity contribution in [2.24, 2.45) is 0 Å². The number of hydrogen-bond donors (Lipinski definition) is 1. The van der Waals surface area contributed by atoms with E-state index in [1.165, 1.54) is 6.07 Å². The number of imidazole rings is 1. The summed E-state index contributed by atoms with van der Waals surface area (Å²) in [5.41, 5.74) is -2.59. The van der Waals surface area contributed by atoms with Crippen LogP contribution in [0.5, 0.6) is 0 Å². The molecule has 1 amide bonds. The average molecular weight is 457 g/mol. The van der Waals surface area contributed by atoms with Crippen LogP contribution in [0.4, 0.5) is 32.0 Å². The van der Waals surface area contributed by atoms with Crippen molar-refractivity contribution in [1.82, 2.24) is 9.55 Å². The summed E-state index contributed by atoms with van der Waals surface area (Å²) in [7, 11) is 0. The second-order valence-electron chi connectivity index (χ2n) is 6.74. The summed E-state index contributed by atoms with van der Waals surface area (Å²) < 4.78 is 80.4. The van der Waals surface area contributed by atoms with Crippen LogP contribution in [0.25, 0.3) is 11.3 Å². The normalized spacial score (nSPS) is 13.9. The van der Waals surface area contributed by atoms with Crippen LogP contribution in [-0.2, 0) is 18.9 Å². The van der Waals surface area contributed by atoms with Gasteiger partial charge in [0.25, 0.3) is 5.91 Å². The molecule has 1 N–H and O–H groups in total. The van der Waals surface area contributed by atoms with E-state index >= 15 is 0 Å². The third-order valence-corrected chi connectivity index (χ3v) is 5.58. The summed E-state index contributed by atoms with van der Waals surface area (Å²) >= 11 is 1.56. The lowest BCUT2D eigenvalue weighted by Crippen LogP contribution is -2.17. The molecule has 0 fully saturated rings. The molecule has 2 heterocycles. The molecule has 4 rings (SSSR count). The number of para-hydroxylation sites is 1. The Bertz CT molecular complexity index is 1100. The molecule has 1 aliphatic rings. The molecule has 0 unspecified atom stereocenters. The van der Waals surface area contributed by atoms with Crippen LogP contribution in [0.2, 0.25) is 0 Å². The van der Waals surface area contributed by atoms with Crippen LogP contribution in [0.3, 0.4) is 0 Å². The molecule has 0 bridgehead atoms. The van der Waals surface area contributed by atoms with E-state index in [9.17, 15) is 31.1 Å². The summed E-state index contributed by atoms with van der Waals surface area (Å²) in [5, 5.41) is 3.21. The standard InChI is InChI=1S/C20H13F6N3OS/c21-19(22,23)12-7-11(8-13(9-12)20(24,25)26)17(30)27-15-4-2-1-3-14(15)16-10-29-5-6-31-18(29)28-16/h1-4,7-10H,5-6H2,(H,27,30). The zero-order valence-corrected chi connectivity index (χ0v) is 16.3. The van der Waals surface area contributed by atoms with Gasteiger partial charge in [-0.05, 0) is 24.3 Å². The maximum absolute atomic E-state index is 13.1. The first-order valence-corrected chi connectivity index (χ1v) is 9.91. The van der Waals surface area contributed by atoms with Crippen molar-refractivity contribution >= 4 is 23.4 Å². The molecule has 162 valence electrons. The smallest absolute Gasteiger partial charge is 0.325 e. The summed E-state index contributed by atoms with van der Waals surface area (Å²) in [6.07, 6.45) is -8.29. The summed E-state index contributed by atoms with van der Waals surface area (Å²) in [5.74, 6) is -0.205. The molecule has 4 nitrogen and oxygen atoms in total. The molecule has 0 saturated carbocycles. The molecule has 1 aromatic heterocycles. The number of halogens is 6. The first-order chi connectivity index (χ1) is 14.5. The largest absolute Gasteiger partial charge is 0.416 e. The molecule has 0 spiro atoms. The van der Waals surface area contributed by atoms with Crippen molar-refractivity contribution in [2.45, 2.75) is 24.1 Å². The molecule has 2 aromatic carbocycles. The molecule has 11 heteroatoms. The van der Waals surface area contributed by atoms with E-state index in [-0.39, 0.29) is 11.8 Å². The second-order valence-corrected chi connectivity index (χ2v) is 7.81. The van der Waals surface area contributed by atoms with E-state index in [0.717, 1.165) is 17.5 Å². The fraction of sp³-hybridized carbons (Fsp3) is 0.200. The number of fused-ring (bicyclic) bond motifs is 1. The number of carbonyl (C=O) groups is 1. The van der Waals surface area contributed by atoms with Crippen LogP contribution in [0, 0.1) is 0 Å². The first kappa shape index (κ1) is 21.3. The molecule has 3 aromatic rings. The van der Waals surface area contributed by atoms with Crippen molar-refractivity contribution in [3.05, 3.63) is 65.4 Å². The third kappa shape index (κ3) is 4.41. The van der Waals surface area contributed by atoms with Crippen LogP contribution >= 0.6 is 11.8 Å². The SMILES string of the molecule is O=C(Nc1ccccc1-c1cn2c(n1)SCC2)c1cc(C(F)(F)F)cc(C(F)(F)F)c1. The number of anilines is 1.